The summed E-state index contributed by atoms with van der Waals surface area (Å²) in [7, 11) is 0. The normalized spacial score (nSPS) is 24.3. The van der Waals surface area contributed by atoms with Crippen LogP contribution in [-0.2, 0) is 9.47 Å². The van der Waals surface area contributed by atoms with Crippen molar-refractivity contribution in [2.45, 2.75) is 64.8 Å². The second kappa shape index (κ2) is 14.2. The van der Waals surface area contributed by atoms with Crippen LogP contribution in [0.4, 0.5) is 0 Å². The average Bonchev–Trinajstić information content (AvgIpc) is 3.19. The number of guanidine groups is 1. The third-order valence-electron chi connectivity index (χ3n) is 5.54. The Morgan fingerprint density at radius 3 is 2.89 bits per heavy atom. The van der Waals surface area contributed by atoms with E-state index in [1.165, 1.54) is 45.2 Å². The molecule has 6 heteroatoms. The fraction of sp³-hybridized carbons (Fsp3) is 0.952. The Balaban J connectivity index is 1.49. The lowest BCUT2D eigenvalue weighted by molar-refractivity contribution is 0.0893. The summed E-state index contributed by atoms with van der Waals surface area (Å²) in [5, 5.41) is 6.81. The van der Waals surface area contributed by atoms with Gasteiger partial charge in [0.1, 0.15) is 0 Å². The van der Waals surface area contributed by atoms with Gasteiger partial charge in [0, 0.05) is 44.8 Å². The van der Waals surface area contributed by atoms with Crippen LogP contribution in [0.3, 0.4) is 0 Å². The predicted molar refractivity (Wildman–Crippen MR) is 112 cm³/mol. The molecule has 0 aliphatic carbocycles. The Kier molecular flexibility index (Phi) is 11.8. The molecular weight excluding hydrogens is 340 g/mol. The number of hydrogen-bond acceptors (Lipinski definition) is 4. The van der Waals surface area contributed by atoms with E-state index in [-0.39, 0.29) is 0 Å². The van der Waals surface area contributed by atoms with Gasteiger partial charge in [0.2, 0.25) is 0 Å². The van der Waals surface area contributed by atoms with Crippen molar-refractivity contribution < 1.29 is 9.47 Å². The lowest BCUT2D eigenvalue weighted by Crippen LogP contribution is -2.39. The van der Waals surface area contributed by atoms with Crippen molar-refractivity contribution in [3.63, 3.8) is 0 Å². The van der Waals surface area contributed by atoms with E-state index in [4.69, 9.17) is 9.47 Å². The molecule has 2 fully saturated rings. The number of nitrogens with one attached hydrogen (secondary N) is 2. The largest absolute Gasteiger partial charge is 0.381 e. The summed E-state index contributed by atoms with van der Waals surface area (Å²) in [6.07, 6.45) is 8.71. The van der Waals surface area contributed by atoms with Gasteiger partial charge in [0.15, 0.2) is 5.96 Å². The zero-order chi connectivity index (χ0) is 19.2. The number of likely N-dealkylation sites (tertiary alicyclic amines) is 1. The van der Waals surface area contributed by atoms with Crippen molar-refractivity contribution in [3.05, 3.63) is 0 Å². The van der Waals surface area contributed by atoms with Gasteiger partial charge in [0.05, 0.1) is 13.2 Å². The monoisotopic (exact) mass is 382 g/mol. The molecule has 2 N–H and O–H groups in total. The molecule has 6 nitrogen and oxygen atoms in total. The van der Waals surface area contributed by atoms with Gasteiger partial charge in [-0.15, -0.1) is 0 Å². The molecule has 2 saturated heterocycles. The summed E-state index contributed by atoms with van der Waals surface area (Å²) < 4.78 is 11.1. The van der Waals surface area contributed by atoms with E-state index in [2.05, 4.69) is 34.4 Å². The first-order valence-corrected chi connectivity index (χ1v) is 11.2. The summed E-state index contributed by atoms with van der Waals surface area (Å²) >= 11 is 0. The molecule has 2 heterocycles. The Morgan fingerprint density at radius 1 is 1.19 bits per heavy atom. The average molecular weight is 383 g/mol. The molecule has 2 aliphatic heterocycles. The molecular formula is C21H42N4O2. The highest BCUT2D eigenvalue weighted by Crippen LogP contribution is 2.16. The molecule has 2 unspecified atom stereocenters. The fourth-order valence-corrected chi connectivity index (χ4v) is 3.80. The zero-order valence-corrected chi connectivity index (χ0v) is 17.7. The van der Waals surface area contributed by atoms with Crippen LogP contribution in [0.25, 0.3) is 0 Å². The van der Waals surface area contributed by atoms with E-state index in [1.807, 2.05) is 0 Å². The Labute approximate surface area is 166 Å². The number of nitrogens with zero attached hydrogens (tertiary/aromatic N) is 2. The molecule has 2 atom stereocenters. The molecule has 0 bridgehead atoms. The van der Waals surface area contributed by atoms with Gasteiger partial charge in [-0.1, -0.05) is 6.42 Å². The molecule has 158 valence electrons. The summed E-state index contributed by atoms with van der Waals surface area (Å²) in [6, 6.07) is 0.772. The number of aliphatic imine (C=N–C) groups is 1. The SMILES string of the molecule is CCNC(=NCCCOCC1CCOC1)NCCCCN1CCCCC1C. The summed E-state index contributed by atoms with van der Waals surface area (Å²) in [4.78, 5) is 7.31. The zero-order valence-electron chi connectivity index (χ0n) is 17.7. The first-order valence-electron chi connectivity index (χ1n) is 11.2. The summed E-state index contributed by atoms with van der Waals surface area (Å²) in [5.41, 5.74) is 0. The first kappa shape index (κ1) is 22.4. The highest BCUT2D eigenvalue weighted by molar-refractivity contribution is 5.79. The van der Waals surface area contributed by atoms with E-state index in [9.17, 15) is 0 Å². The van der Waals surface area contributed by atoms with Crippen LogP contribution < -0.4 is 10.6 Å². The van der Waals surface area contributed by atoms with Gasteiger partial charge in [-0.25, -0.2) is 0 Å². The second-order valence-corrected chi connectivity index (χ2v) is 7.93. The molecule has 0 saturated carbocycles. The molecule has 27 heavy (non-hydrogen) atoms. The van der Waals surface area contributed by atoms with Crippen molar-refractivity contribution in [3.8, 4) is 0 Å². The molecule has 2 rings (SSSR count). The van der Waals surface area contributed by atoms with Crippen molar-refractivity contribution in [1.29, 1.82) is 0 Å². The maximum absolute atomic E-state index is 5.74. The number of hydrogen-bond donors (Lipinski definition) is 2. The Hall–Kier alpha value is -0.850. The lowest BCUT2D eigenvalue weighted by Gasteiger charge is -2.33. The van der Waals surface area contributed by atoms with Crippen LogP contribution in [-0.4, -0.2) is 76.1 Å². The van der Waals surface area contributed by atoms with Crippen LogP contribution in [0, 0.1) is 5.92 Å². The van der Waals surface area contributed by atoms with Gasteiger partial charge in [-0.3, -0.25) is 4.99 Å². The van der Waals surface area contributed by atoms with E-state index in [1.54, 1.807) is 0 Å². The maximum Gasteiger partial charge on any atom is 0.191 e. The topological polar surface area (TPSA) is 58.1 Å². The predicted octanol–water partition coefficient (Wildman–Crippen LogP) is 2.64. The molecule has 0 aromatic carbocycles. The number of ether oxygens (including phenoxy) is 2. The molecule has 0 aromatic heterocycles. The third kappa shape index (κ3) is 9.77. The van der Waals surface area contributed by atoms with Crippen molar-refractivity contribution >= 4 is 5.96 Å². The number of piperidine rings is 1. The van der Waals surface area contributed by atoms with Crippen molar-refractivity contribution in [1.82, 2.24) is 15.5 Å². The smallest absolute Gasteiger partial charge is 0.191 e. The van der Waals surface area contributed by atoms with Crippen LogP contribution >= 0.6 is 0 Å². The minimum absolute atomic E-state index is 0.598. The number of rotatable bonds is 12. The highest BCUT2D eigenvalue weighted by atomic mass is 16.5. The van der Waals surface area contributed by atoms with Crippen LogP contribution in [0.1, 0.15) is 58.8 Å². The summed E-state index contributed by atoms with van der Waals surface area (Å²) in [6.45, 7) is 13.1. The third-order valence-corrected chi connectivity index (χ3v) is 5.54. The van der Waals surface area contributed by atoms with Gasteiger partial charge in [-0.2, -0.15) is 0 Å². The standard InChI is InChI=1S/C21H42N4O2/c1-3-22-21(24-12-8-15-26-17-20-10-16-27-18-20)23-11-5-7-14-25-13-6-4-9-19(25)2/h19-20H,3-18H2,1-2H3,(H2,22,23,24). The van der Waals surface area contributed by atoms with E-state index >= 15 is 0 Å². The van der Waals surface area contributed by atoms with Gasteiger partial charge in [0.25, 0.3) is 0 Å². The molecule has 0 spiro atoms. The lowest BCUT2D eigenvalue weighted by atomic mass is 10.0. The Morgan fingerprint density at radius 2 is 2.11 bits per heavy atom. The van der Waals surface area contributed by atoms with Gasteiger partial charge in [-0.05, 0) is 65.5 Å². The van der Waals surface area contributed by atoms with Crippen LogP contribution in [0.5, 0.6) is 0 Å². The van der Waals surface area contributed by atoms with Gasteiger partial charge >= 0.3 is 0 Å². The Bertz CT molecular complexity index is 400. The van der Waals surface area contributed by atoms with E-state index in [0.717, 1.165) is 70.9 Å². The highest BCUT2D eigenvalue weighted by Gasteiger charge is 2.17. The minimum Gasteiger partial charge on any atom is -0.381 e. The maximum atomic E-state index is 5.74. The van der Waals surface area contributed by atoms with Crippen LogP contribution in [0.15, 0.2) is 4.99 Å². The van der Waals surface area contributed by atoms with Crippen LogP contribution in [0.2, 0.25) is 0 Å². The van der Waals surface area contributed by atoms with Crippen molar-refractivity contribution in [2.24, 2.45) is 10.9 Å². The fourth-order valence-electron chi connectivity index (χ4n) is 3.80. The van der Waals surface area contributed by atoms with Gasteiger partial charge < -0.3 is 25.0 Å². The quantitative estimate of drug-likeness (QED) is 0.309. The molecule has 0 amide bonds. The van der Waals surface area contributed by atoms with E-state index in [0.29, 0.717) is 5.92 Å². The minimum atomic E-state index is 0.598. The van der Waals surface area contributed by atoms with Crippen molar-refractivity contribution in [2.75, 3.05) is 59.2 Å². The first-order chi connectivity index (χ1) is 13.3. The molecule has 2 aliphatic rings. The summed E-state index contributed by atoms with van der Waals surface area (Å²) in [5.74, 6) is 1.54. The van der Waals surface area contributed by atoms with E-state index < -0.39 is 0 Å². The second-order valence-electron chi connectivity index (χ2n) is 7.93. The number of unbranched alkanes of at least 4 members (excludes halogenated alkanes) is 1. The molecule has 0 radical (unpaired) electrons. The molecule has 0 aromatic rings.